The van der Waals surface area contributed by atoms with E-state index in [0.29, 0.717) is 63.6 Å². The molecule has 350 valence electrons. The van der Waals surface area contributed by atoms with Crippen molar-refractivity contribution in [2.45, 2.75) is 65.9 Å². The molecule has 0 radical (unpaired) electrons. The Morgan fingerprint density at radius 2 is 1.38 bits per heavy atom. The van der Waals surface area contributed by atoms with Crippen LogP contribution in [-0.2, 0) is 12.8 Å². The van der Waals surface area contributed by atoms with Crippen LogP contribution in [0, 0.1) is 11.3 Å². The van der Waals surface area contributed by atoms with Gasteiger partial charge in [-0.3, -0.25) is 9.59 Å². The van der Waals surface area contributed by atoms with Gasteiger partial charge in [0.15, 0.2) is 23.1 Å². The third-order valence-corrected chi connectivity index (χ3v) is 12.0. The van der Waals surface area contributed by atoms with Crippen LogP contribution in [0.25, 0.3) is 12.2 Å². The number of fused-ring (bicyclic) bond motifs is 2. The van der Waals surface area contributed by atoms with Gasteiger partial charge in [-0.05, 0) is 141 Å². The molecule has 1 aliphatic carbocycles. The number of hydrogen-bond donors (Lipinski definition) is 4. The summed E-state index contributed by atoms with van der Waals surface area (Å²) in [4.78, 5) is 25.8. The molecule has 0 saturated heterocycles. The summed E-state index contributed by atoms with van der Waals surface area (Å²) in [6, 6.07) is 21.8. The molecular formula is C53H65N5O8. The summed E-state index contributed by atoms with van der Waals surface area (Å²) in [6.07, 6.45) is 14.2. The molecule has 6 rings (SSSR count). The van der Waals surface area contributed by atoms with Gasteiger partial charge in [-0.15, -0.1) is 0 Å². The molecule has 0 amide bonds. The zero-order valence-electron chi connectivity index (χ0n) is 39.3. The fraction of sp³-hybridized carbons (Fsp3) is 0.358. The molecule has 1 fully saturated rings. The van der Waals surface area contributed by atoms with Crippen LogP contribution in [0.4, 0.5) is 0 Å². The number of nitrogens with two attached hydrogens (primary N) is 3. The molecule has 2 unspecified atom stereocenters. The maximum absolute atomic E-state index is 13.0. The minimum absolute atomic E-state index is 0.0189. The third-order valence-electron chi connectivity index (χ3n) is 12.0. The molecule has 2 aliphatic rings. The largest absolute Gasteiger partial charge is 0.497 e. The van der Waals surface area contributed by atoms with Crippen LogP contribution in [0.2, 0.25) is 0 Å². The van der Waals surface area contributed by atoms with E-state index in [1.807, 2.05) is 44.2 Å². The minimum atomic E-state index is -0.186. The monoisotopic (exact) mass is 899 g/mol. The highest BCUT2D eigenvalue weighted by molar-refractivity contribution is 5.98. The Morgan fingerprint density at radius 3 is 1.97 bits per heavy atom. The van der Waals surface area contributed by atoms with E-state index in [2.05, 4.69) is 31.3 Å². The molecule has 13 nitrogen and oxygen atoms in total. The van der Waals surface area contributed by atoms with E-state index in [1.54, 1.807) is 76.1 Å². The third kappa shape index (κ3) is 12.9. The first kappa shape index (κ1) is 48.6. The number of Topliss-reactive ketones (excluding diaryl/α,β-unsaturated/α-hetero) is 2. The van der Waals surface area contributed by atoms with Crippen molar-refractivity contribution < 1.29 is 38.0 Å². The number of benzene rings is 4. The number of nitrogens with zero attached hydrogens (tertiary/aromatic N) is 1. The standard InChI is InChI=1S/C53H65N5O8/c1-34(2)10-21-44-49(64-32-40(54)28-57-29-46(59)37-13-17-42(61-5)18-14-37)24-36(25-50(44)65-33-41(55)30-58(56)31-47(60)38-15-19-43(62-6)20-16-38)12-11-35-23-39-27-45-48(9-8-22-53(45,3)4)66-52(39)51(26-35)63-7/h10-20,23-26,28,30,45,48,57H,8-9,21-22,27,29,31-33,54-56H2,1-7H3/b12-11+,40-28-,41-30-. The van der Waals surface area contributed by atoms with Crippen LogP contribution in [0.5, 0.6) is 34.5 Å². The number of rotatable bonds is 21. The Balaban J connectivity index is 1.26. The molecule has 1 heterocycles. The van der Waals surface area contributed by atoms with E-state index in [-0.39, 0.29) is 49.4 Å². The van der Waals surface area contributed by atoms with Crippen molar-refractivity contribution >= 4 is 23.7 Å². The van der Waals surface area contributed by atoms with Gasteiger partial charge in [0.1, 0.15) is 42.3 Å². The molecule has 0 bridgehead atoms. The minimum Gasteiger partial charge on any atom is -0.497 e. The summed E-state index contributed by atoms with van der Waals surface area (Å²) in [7, 11) is 4.83. The number of carbonyl (C=O) groups is 2. The Bertz CT molecular complexity index is 2450. The van der Waals surface area contributed by atoms with Crippen molar-refractivity contribution in [1.82, 2.24) is 10.3 Å². The number of ketones is 2. The highest BCUT2D eigenvalue weighted by Gasteiger charge is 2.43. The van der Waals surface area contributed by atoms with Crippen LogP contribution in [0.15, 0.2) is 108 Å². The van der Waals surface area contributed by atoms with Crippen molar-refractivity contribution in [3.8, 4) is 34.5 Å². The zero-order valence-corrected chi connectivity index (χ0v) is 39.3. The van der Waals surface area contributed by atoms with Crippen LogP contribution in [0.3, 0.4) is 0 Å². The van der Waals surface area contributed by atoms with Gasteiger partial charge in [-0.1, -0.05) is 37.6 Å². The SMILES string of the molecule is COc1ccc(C(=O)CN/C=C(\N)COc2cc(/C=C/c3cc4c(c(OC)c3)OC3CCCC(C)(C)C3C4)cc(OC/C(N)=C/N(N)CC(=O)c3ccc(OC)cc3)c2CC=C(C)C)cc1. The molecule has 4 aromatic rings. The van der Waals surface area contributed by atoms with Crippen molar-refractivity contribution in [3.63, 3.8) is 0 Å². The normalized spacial score (nSPS) is 16.5. The number of ether oxygens (including phenoxy) is 6. The quantitative estimate of drug-likeness (QED) is 0.0206. The van der Waals surface area contributed by atoms with Crippen molar-refractivity contribution in [2.75, 3.05) is 47.6 Å². The van der Waals surface area contributed by atoms with Crippen molar-refractivity contribution in [1.29, 1.82) is 0 Å². The molecule has 1 saturated carbocycles. The number of methoxy groups -OCH3 is 3. The average Bonchev–Trinajstić information content (AvgIpc) is 3.30. The highest BCUT2D eigenvalue weighted by Crippen LogP contribution is 2.50. The maximum atomic E-state index is 13.0. The van der Waals surface area contributed by atoms with Crippen LogP contribution < -0.4 is 51.0 Å². The number of hydrazine groups is 1. The summed E-state index contributed by atoms with van der Waals surface area (Å²) in [5.74, 6) is 10.3. The van der Waals surface area contributed by atoms with Gasteiger partial charge in [0, 0.05) is 35.0 Å². The number of carbonyl (C=O) groups excluding carboxylic acids is 2. The molecule has 13 heteroatoms. The second kappa shape index (κ2) is 22.4. The summed E-state index contributed by atoms with van der Waals surface area (Å²) in [5.41, 5.74) is 19.6. The Kier molecular flexibility index (Phi) is 16.5. The van der Waals surface area contributed by atoms with E-state index < -0.39 is 0 Å². The van der Waals surface area contributed by atoms with Gasteiger partial charge >= 0.3 is 0 Å². The molecule has 66 heavy (non-hydrogen) atoms. The van der Waals surface area contributed by atoms with Crippen LogP contribution in [-0.4, -0.2) is 70.3 Å². The summed E-state index contributed by atoms with van der Waals surface area (Å²) in [5, 5.41) is 4.26. The lowest BCUT2D eigenvalue weighted by molar-refractivity contribution is -0.00709. The second-order valence-electron chi connectivity index (χ2n) is 17.7. The lowest BCUT2D eigenvalue weighted by atomic mass is 9.64. The van der Waals surface area contributed by atoms with Gasteiger partial charge in [-0.25, -0.2) is 5.84 Å². The molecular weight excluding hydrogens is 835 g/mol. The van der Waals surface area contributed by atoms with Crippen LogP contribution >= 0.6 is 0 Å². The first-order valence-electron chi connectivity index (χ1n) is 22.3. The fourth-order valence-corrected chi connectivity index (χ4v) is 8.34. The first-order chi connectivity index (χ1) is 31.7. The molecule has 0 aromatic heterocycles. The topological polar surface area (TPSA) is 183 Å². The average molecular weight is 900 g/mol. The van der Waals surface area contributed by atoms with Gasteiger partial charge in [-0.2, -0.15) is 0 Å². The predicted octanol–water partition coefficient (Wildman–Crippen LogP) is 8.41. The fourth-order valence-electron chi connectivity index (χ4n) is 8.34. The Labute approximate surface area is 389 Å². The number of hydrogen-bond acceptors (Lipinski definition) is 13. The zero-order chi connectivity index (χ0) is 47.4. The molecule has 1 aliphatic heterocycles. The van der Waals surface area contributed by atoms with E-state index >= 15 is 0 Å². The molecule has 0 spiro atoms. The first-order valence-corrected chi connectivity index (χ1v) is 22.3. The lowest BCUT2D eigenvalue weighted by Gasteiger charge is -2.47. The molecule has 4 aromatic carbocycles. The van der Waals surface area contributed by atoms with Crippen molar-refractivity contribution in [3.05, 3.63) is 142 Å². The molecule has 7 N–H and O–H groups in total. The number of nitrogens with one attached hydrogen (secondary N) is 1. The predicted molar refractivity (Wildman–Crippen MR) is 260 cm³/mol. The van der Waals surface area contributed by atoms with Gasteiger partial charge < -0.3 is 50.2 Å². The second-order valence-corrected chi connectivity index (χ2v) is 17.7. The highest BCUT2D eigenvalue weighted by atomic mass is 16.5. The Morgan fingerprint density at radius 1 is 0.803 bits per heavy atom. The summed E-state index contributed by atoms with van der Waals surface area (Å²) < 4.78 is 35.9. The van der Waals surface area contributed by atoms with Crippen molar-refractivity contribution in [2.24, 2.45) is 28.6 Å². The van der Waals surface area contributed by atoms with E-state index in [4.69, 9.17) is 45.7 Å². The smallest absolute Gasteiger partial charge is 0.183 e. The summed E-state index contributed by atoms with van der Waals surface area (Å²) in [6.45, 7) is 8.67. The van der Waals surface area contributed by atoms with E-state index in [0.717, 1.165) is 52.8 Å². The lowest BCUT2D eigenvalue weighted by Crippen LogP contribution is -2.45. The Hall–Kier alpha value is -6.86. The van der Waals surface area contributed by atoms with E-state index in [1.165, 1.54) is 17.6 Å². The molecule has 2 atom stereocenters. The van der Waals surface area contributed by atoms with Crippen LogP contribution in [0.1, 0.15) is 89.9 Å². The van der Waals surface area contributed by atoms with Gasteiger partial charge in [0.05, 0.1) is 45.8 Å². The van der Waals surface area contributed by atoms with Gasteiger partial charge in [0.2, 0.25) is 0 Å². The summed E-state index contributed by atoms with van der Waals surface area (Å²) >= 11 is 0. The number of allylic oxidation sites excluding steroid dienone is 2. The van der Waals surface area contributed by atoms with E-state index in [9.17, 15) is 9.59 Å². The maximum Gasteiger partial charge on any atom is 0.183 e. The van der Waals surface area contributed by atoms with Gasteiger partial charge in [0.25, 0.3) is 0 Å².